The van der Waals surface area contributed by atoms with Gasteiger partial charge in [0.15, 0.2) is 0 Å². The van der Waals surface area contributed by atoms with E-state index in [1.165, 1.54) is 12.1 Å². The van der Waals surface area contributed by atoms with Gasteiger partial charge in [-0.25, -0.2) is 0 Å². The Balaban J connectivity index is 2.21. The quantitative estimate of drug-likeness (QED) is 0.848. The van der Waals surface area contributed by atoms with Gasteiger partial charge in [-0.1, -0.05) is 12.1 Å². The average molecular weight is 299 g/mol. The van der Waals surface area contributed by atoms with Crippen LogP contribution in [0.4, 0.5) is 8.78 Å². The molecule has 0 aliphatic rings. The summed E-state index contributed by atoms with van der Waals surface area (Å²) in [4.78, 5) is 17.3. The highest BCUT2D eigenvalue weighted by Gasteiger charge is 2.50. The molecule has 2 aromatic carbocycles. The van der Waals surface area contributed by atoms with Crippen molar-refractivity contribution >= 4 is 7.60 Å². The van der Waals surface area contributed by atoms with Gasteiger partial charge in [0.2, 0.25) is 0 Å². The van der Waals surface area contributed by atoms with Crippen LogP contribution in [-0.2, 0) is 10.2 Å². The third kappa shape index (κ3) is 3.04. The Bertz CT molecular complexity index is 623. The third-order valence-corrected chi connectivity index (χ3v) is 3.47. The molecule has 1 radical (unpaired) electrons. The third-order valence-electron chi connectivity index (χ3n) is 2.48. The van der Waals surface area contributed by atoms with E-state index in [0.717, 1.165) is 12.1 Å². The molecule has 20 heavy (non-hydrogen) atoms. The van der Waals surface area contributed by atoms with Crippen molar-refractivity contribution in [3.05, 3.63) is 60.2 Å². The molecule has 0 aliphatic carbocycles. The molecular formula is C13H10F2O4P. The Morgan fingerprint density at radius 3 is 2.25 bits per heavy atom. The normalized spacial score (nSPS) is 12.2. The van der Waals surface area contributed by atoms with Crippen molar-refractivity contribution in [3.8, 4) is 11.5 Å². The lowest BCUT2D eigenvalue weighted by atomic mass is 10.2. The van der Waals surface area contributed by atoms with Crippen molar-refractivity contribution in [2.24, 2.45) is 0 Å². The van der Waals surface area contributed by atoms with Gasteiger partial charge in [-0.15, -0.1) is 0 Å². The van der Waals surface area contributed by atoms with Gasteiger partial charge >= 0.3 is 13.3 Å². The highest BCUT2D eigenvalue weighted by molar-refractivity contribution is 7.52. The number of alkyl halides is 2. The zero-order chi connectivity index (χ0) is 14.8. The van der Waals surface area contributed by atoms with Crippen LogP contribution in [0.25, 0.3) is 0 Å². The molecule has 2 rings (SSSR count). The molecule has 4 nitrogen and oxygen atoms in total. The second kappa shape index (κ2) is 5.32. The number of hydrogen-bond acceptors (Lipinski definition) is 2. The summed E-state index contributed by atoms with van der Waals surface area (Å²) < 4.78 is 42.9. The van der Waals surface area contributed by atoms with E-state index in [2.05, 4.69) is 6.07 Å². The van der Waals surface area contributed by atoms with E-state index in [0.29, 0.717) is 5.75 Å². The first kappa shape index (κ1) is 14.7. The molecule has 0 unspecified atom stereocenters. The lowest BCUT2D eigenvalue weighted by Crippen LogP contribution is -2.13. The van der Waals surface area contributed by atoms with Gasteiger partial charge in [-0.3, -0.25) is 4.57 Å². The van der Waals surface area contributed by atoms with Crippen LogP contribution in [0.1, 0.15) is 5.56 Å². The number of rotatable bonds is 4. The van der Waals surface area contributed by atoms with Gasteiger partial charge in [0.05, 0.1) is 0 Å². The lowest BCUT2D eigenvalue weighted by Gasteiger charge is -2.18. The largest absolute Gasteiger partial charge is 0.457 e. The van der Waals surface area contributed by atoms with E-state index in [1.807, 2.05) is 0 Å². The number of halogens is 2. The predicted molar refractivity (Wildman–Crippen MR) is 67.7 cm³/mol. The molecule has 0 saturated heterocycles. The molecule has 0 aromatic heterocycles. The second-order valence-corrected chi connectivity index (χ2v) is 5.60. The van der Waals surface area contributed by atoms with Gasteiger partial charge in [0.1, 0.15) is 11.5 Å². The first-order chi connectivity index (χ1) is 9.30. The summed E-state index contributed by atoms with van der Waals surface area (Å²) in [5, 5.41) is 0. The maximum Gasteiger partial charge on any atom is 0.399 e. The fraction of sp³-hybridized carbons (Fsp3) is 0.0769. The molecule has 0 spiro atoms. The summed E-state index contributed by atoms with van der Waals surface area (Å²) in [6, 6.07) is 13.7. The van der Waals surface area contributed by atoms with Gasteiger partial charge in [0, 0.05) is 5.56 Å². The van der Waals surface area contributed by atoms with Gasteiger partial charge in [0.25, 0.3) is 0 Å². The number of hydrogen-bond donors (Lipinski definition) is 2. The van der Waals surface area contributed by atoms with Crippen molar-refractivity contribution < 1.29 is 27.9 Å². The first-order valence-corrected chi connectivity index (χ1v) is 7.10. The minimum absolute atomic E-state index is 0.273. The molecule has 0 fully saturated rings. The van der Waals surface area contributed by atoms with Crippen molar-refractivity contribution in [3.63, 3.8) is 0 Å². The van der Waals surface area contributed by atoms with Crippen molar-refractivity contribution in [1.29, 1.82) is 0 Å². The molecule has 0 heterocycles. The van der Waals surface area contributed by atoms with Crippen LogP contribution in [0, 0.1) is 6.07 Å². The molecule has 0 atom stereocenters. The van der Waals surface area contributed by atoms with Crippen molar-refractivity contribution in [2.75, 3.05) is 0 Å². The lowest BCUT2D eigenvalue weighted by molar-refractivity contribution is 0.0564. The van der Waals surface area contributed by atoms with E-state index >= 15 is 0 Å². The van der Waals surface area contributed by atoms with E-state index < -0.39 is 18.8 Å². The second-order valence-electron chi connectivity index (χ2n) is 3.95. The molecule has 0 saturated carbocycles. The average Bonchev–Trinajstić information content (AvgIpc) is 2.39. The fourth-order valence-electron chi connectivity index (χ4n) is 1.47. The van der Waals surface area contributed by atoms with Crippen molar-refractivity contribution in [1.82, 2.24) is 0 Å². The predicted octanol–water partition coefficient (Wildman–Crippen LogP) is 3.51. The molecule has 0 bridgehead atoms. The number of ether oxygens (including phenoxy) is 1. The van der Waals surface area contributed by atoms with Gasteiger partial charge in [-0.05, 0) is 42.5 Å². The van der Waals surface area contributed by atoms with Crippen LogP contribution in [0.15, 0.2) is 48.5 Å². The summed E-state index contributed by atoms with van der Waals surface area (Å²) in [6.45, 7) is 0. The minimum atomic E-state index is -5.55. The summed E-state index contributed by atoms with van der Waals surface area (Å²) in [6.07, 6.45) is 0. The molecule has 105 valence electrons. The summed E-state index contributed by atoms with van der Waals surface area (Å²) in [5.41, 5.74) is -4.98. The van der Waals surface area contributed by atoms with Crippen LogP contribution in [0.5, 0.6) is 11.5 Å². The minimum Gasteiger partial charge on any atom is -0.457 e. The van der Waals surface area contributed by atoms with Crippen LogP contribution in [-0.4, -0.2) is 9.79 Å². The molecule has 7 heteroatoms. The fourth-order valence-corrected chi connectivity index (χ4v) is 1.95. The van der Waals surface area contributed by atoms with Gasteiger partial charge in [-0.2, -0.15) is 8.78 Å². The zero-order valence-corrected chi connectivity index (χ0v) is 10.9. The molecule has 0 aliphatic heterocycles. The molecular weight excluding hydrogens is 289 g/mol. The maximum atomic E-state index is 13.4. The smallest absolute Gasteiger partial charge is 0.399 e. The summed E-state index contributed by atoms with van der Waals surface area (Å²) >= 11 is 0. The standard InChI is InChI=1S/C13H10F2O4P/c14-13(15,20(16,17)18)10-6-8-12(9-7-10)19-11-4-2-1-3-5-11/h1-2,4-9H,(H2,16,17,18). The number of benzene rings is 2. The van der Waals surface area contributed by atoms with Crippen LogP contribution in [0.2, 0.25) is 0 Å². The molecule has 0 amide bonds. The zero-order valence-electron chi connectivity index (χ0n) is 10.0. The highest BCUT2D eigenvalue weighted by atomic mass is 31.2. The van der Waals surface area contributed by atoms with Crippen LogP contribution >= 0.6 is 7.60 Å². The SMILES string of the molecule is O=P(O)(O)C(F)(F)c1ccc(Oc2c[c]ccc2)cc1. The molecule has 2 N–H and O–H groups in total. The monoisotopic (exact) mass is 299 g/mol. The Morgan fingerprint density at radius 2 is 1.75 bits per heavy atom. The van der Waals surface area contributed by atoms with Gasteiger partial charge < -0.3 is 14.5 Å². The Labute approximate surface area is 113 Å². The first-order valence-electron chi connectivity index (χ1n) is 5.49. The Hall–Kier alpha value is -1.75. The Morgan fingerprint density at radius 1 is 1.10 bits per heavy atom. The van der Waals surface area contributed by atoms with E-state index in [9.17, 15) is 13.3 Å². The summed E-state index contributed by atoms with van der Waals surface area (Å²) in [5.74, 6) is 0.747. The van der Waals surface area contributed by atoms with Crippen LogP contribution < -0.4 is 4.74 Å². The topological polar surface area (TPSA) is 66.8 Å². The van der Waals surface area contributed by atoms with E-state index in [1.54, 1.807) is 24.3 Å². The Kier molecular flexibility index (Phi) is 3.90. The van der Waals surface area contributed by atoms with Crippen LogP contribution in [0.3, 0.4) is 0 Å². The molecule has 2 aromatic rings. The maximum absolute atomic E-state index is 13.4. The van der Waals surface area contributed by atoms with E-state index in [-0.39, 0.29) is 5.75 Å². The van der Waals surface area contributed by atoms with E-state index in [4.69, 9.17) is 14.5 Å². The summed E-state index contributed by atoms with van der Waals surface area (Å²) in [7, 11) is -5.55. The van der Waals surface area contributed by atoms with Crippen molar-refractivity contribution in [2.45, 2.75) is 5.66 Å². The highest BCUT2D eigenvalue weighted by Crippen LogP contribution is 2.59.